The van der Waals surface area contributed by atoms with Gasteiger partial charge >= 0.3 is 5.97 Å². The van der Waals surface area contributed by atoms with Gasteiger partial charge in [0.05, 0.1) is 13.2 Å². The second-order valence-electron chi connectivity index (χ2n) is 7.10. The molecule has 3 rings (SSSR count). The maximum absolute atomic E-state index is 12.7. The van der Waals surface area contributed by atoms with Gasteiger partial charge < -0.3 is 18.8 Å². The number of nitrogens with zero attached hydrogens (tertiary/aromatic N) is 1. The fourth-order valence-electron chi connectivity index (χ4n) is 3.61. The van der Waals surface area contributed by atoms with Crippen LogP contribution in [0.4, 0.5) is 0 Å². The number of ketones is 1. The molecule has 2 heterocycles. The fraction of sp³-hybridized carbons (Fsp3) is 0.455. The molecule has 6 nitrogen and oxygen atoms in total. The molecule has 1 aromatic carbocycles. The van der Waals surface area contributed by atoms with Gasteiger partial charge in [-0.3, -0.25) is 4.79 Å². The molecule has 1 atom stereocenters. The van der Waals surface area contributed by atoms with Gasteiger partial charge in [-0.2, -0.15) is 0 Å². The number of ether oxygens (including phenoxy) is 3. The van der Waals surface area contributed by atoms with Gasteiger partial charge in [-0.05, 0) is 57.2 Å². The van der Waals surface area contributed by atoms with E-state index in [1.165, 1.54) is 7.11 Å². The Labute approximate surface area is 175 Å². The number of aryl methyl sites for hydroxylation is 1. The third kappa shape index (κ3) is 4.85. The summed E-state index contributed by atoms with van der Waals surface area (Å²) in [6, 6.07) is 7.12. The summed E-state index contributed by atoms with van der Waals surface area (Å²) >= 11 is 1.55. The first kappa shape index (κ1) is 21.5. The van der Waals surface area contributed by atoms with Gasteiger partial charge in [0.25, 0.3) is 0 Å². The van der Waals surface area contributed by atoms with Crippen LogP contribution in [0.3, 0.4) is 0 Å². The zero-order chi connectivity index (χ0) is 21.0. The van der Waals surface area contributed by atoms with Crippen molar-refractivity contribution in [2.24, 2.45) is 0 Å². The van der Waals surface area contributed by atoms with Crippen LogP contribution in [0.2, 0.25) is 0 Å². The zero-order valence-electron chi connectivity index (χ0n) is 17.3. The average molecular weight is 418 g/mol. The maximum Gasteiger partial charge on any atom is 0.342 e. The summed E-state index contributed by atoms with van der Waals surface area (Å²) in [5, 5.41) is 0. The molecule has 0 unspecified atom stereocenters. The topological polar surface area (TPSA) is 66.8 Å². The summed E-state index contributed by atoms with van der Waals surface area (Å²) in [7, 11) is 1.50. The first-order chi connectivity index (χ1) is 13.9. The minimum absolute atomic E-state index is 0.192. The molecule has 1 aliphatic rings. The number of esters is 1. The van der Waals surface area contributed by atoms with Crippen LogP contribution >= 0.6 is 11.8 Å². The van der Waals surface area contributed by atoms with Crippen LogP contribution in [0.1, 0.15) is 44.9 Å². The van der Waals surface area contributed by atoms with Gasteiger partial charge in [0, 0.05) is 35.0 Å². The van der Waals surface area contributed by atoms with Crippen LogP contribution in [-0.4, -0.2) is 49.0 Å². The van der Waals surface area contributed by atoms with Gasteiger partial charge in [0.1, 0.15) is 11.3 Å². The summed E-state index contributed by atoms with van der Waals surface area (Å²) < 4.78 is 18.4. The monoisotopic (exact) mass is 417 g/mol. The van der Waals surface area contributed by atoms with Crippen molar-refractivity contribution in [2.45, 2.75) is 44.2 Å². The third-order valence-electron chi connectivity index (χ3n) is 5.25. The Balaban J connectivity index is 1.67. The average Bonchev–Trinajstić information content (AvgIpc) is 3.35. The third-order valence-corrected chi connectivity index (χ3v) is 5.97. The summed E-state index contributed by atoms with van der Waals surface area (Å²) in [6.45, 7) is 5.12. The van der Waals surface area contributed by atoms with E-state index in [2.05, 4.69) is 4.57 Å². The van der Waals surface area contributed by atoms with Gasteiger partial charge in [0.15, 0.2) is 6.61 Å². The van der Waals surface area contributed by atoms with Crippen molar-refractivity contribution in [1.29, 1.82) is 0 Å². The van der Waals surface area contributed by atoms with E-state index >= 15 is 0 Å². The predicted molar refractivity (Wildman–Crippen MR) is 112 cm³/mol. The van der Waals surface area contributed by atoms with E-state index < -0.39 is 5.97 Å². The Morgan fingerprint density at radius 3 is 2.69 bits per heavy atom. The van der Waals surface area contributed by atoms with E-state index in [-0.39, 0.29) is 18.5 Å². The Hall–Kier alpha value is -2.25. The van der Waals surface area contributed by atoms with Crippen molar-refractivity contribution in [3.05, 3.63) is 46.8 Å². The quantitative estimate of drug-likeness (QED) is 0.367. The predicted octanol–water partition coefficient (Wildman–Crippen LogP) is 4.05. The van der Waals surface area contributed by atoms with Gasteiger partial charge in [0.2, 0.25) is 5.78 Å². The number of Topliss-reactive ketones (excluding diaryl/α,β-unsaturated/α-hetero) is 1. The molecular weight excluding hydrogens is 390 g/mol. The number of thioether (sulfide) groups is 1. The standard InChI is InChI=1S/C22H27NO5S/c1-14-10-19(15(2)23(14)12-16-6-5-9-27-16)20(24)13-28-22(25)18-8-7-17(29-4)11-21(18)26-3/h7-8,10-11,16H,5-6,9,12-13H2,1-4H3/t16-/m0/s1. The Morgan fingerprint density at radius 1 is 1.24 bits per heavy atom. The molecule has 0 amide bonds. The number of benzene rings is 1. The highest BCUT2D eigenvalue weighted by molar-refractivity contribution is 7.98. The lowest BCUT2D eigenvalue weighted by Gasteiger charge is -2.14. The van der Waals surface area contributed by atoms with Crippen LogP contribution in [-0.2, 0) is 16.0 Å². The van der Waals surface area contributed by atoms with Crippen molar-refractivity contribution in [2.75, 3.05) is 26.6 Å². The fourth-order valence-corrected chi connectivity index (χ4v) is 4.04. The molecule has 0 N–H and O–H groups in total. The van der Waals surface area contributed by atoms with Gasteiger partial charge in [-0.15, -0.1) is 11.8 Å². The summed E-state index contributed by atoms with van der Waals surface area (Å²) in [5.74, 6) is -0.357. The molecule has 1 fully saturated rings. The highest BCUT2D eigenvalue weighted by Gasteiger charge is 2.22. The minimum atomic E-state index is -0.573. The molecule has 7 heteroatoms. The minimum Gasteiger partial charge on any atom is -0.496 e. The van der Waals surface area contributed by atoms with E-state index in [9.17, 15) is 9.59 Å². The largest absolute Gasteiger partial charge is 0.496 e. The van der Waals surface area contributed by atoms with Crippen molar-refractivity contribution in [3.63, 3.8) is 0 Å². The van der Waals surface area contributed by atoms with E-state index in [4.69, 9.17) is 14.2 Å². The van der Waals surface area contributed by atoms with Crippen molar-refractivity contribution in [1.82, 2.24) is 4.57 Å². The smallest absolute Gasteiger partial charge is 0.342 e. The lowest BCUT2D eigenvalue weighted by Crippen LogP contribution is -2.18. The van der Waals surface area contributed by atoms with Crippen molar-refractivity contribution in [3.8, 4) is 5.75 Å². The number of aromatic nitrogens is 1. The first-order valence-electron chi connectivity index (χ1n) is 9.65. The SMILES string of the molecule is COc1cc(SC)ccc1C(=O)OCC(=O)c1cc(C)n(C[C@@H]2CCCO2)c1C. The number of carbonyl (C=O) groups is 2. The van der Waals surface area contributed by atoms with E-state index in [1.807, 2.05) is 32.2 Å². The number of methoxy groups -OCH3 is 1. The van der Waals surface area contributed by atoms with Crippen molar-refractivity contribution >= 4 is 23.5 Å². The Morgan fingerprint density at radius 2 is 2.03 bits per heavy atom. The second kappa shape index (κ2) is 9.50. The molecule has 2 aromatic rings. The molecule has 0 saturated carbocycles. The van der Waals surface area contributed by atoms with E-state index in [0.29, 0.717) is 16.9 Å². The summed E-state index contributed by atoms with van der Waals surface area (Å²) in [5.41, 5.74) is 2.77. The molecule has 156 valence electrons. The van der Waals surface area contributed by atoms with Crippen LogP contribution in [0.15, 0.2) is 29.2 Å². The second-order valence-corrected chi connectivity index (χ2v) is 7.98. The van der Waals surface area contributed by atoms with Crippen LogP contribution in [0, 0.1) is 13.8 Å². The Bertz CT molecular complexity index is 899. The normalized spacial score (nSPS) is 16.1. The highest BCUT2D eigenvalue weighted by atomic mass is 32.2. The molecule has 0 spiro atoms. The van der Waals surface area contributed by atoms with Crippen LogP contribution < -0.4 is 4.74 Å². The number of hydrogen-bond donors (Lipinski definition) is 0. The van der Waals surface area contributed by atoms with Gasteiger partial charge in [-0.25, -0.2) is 4.79 Å². The van der Waals surface area contributed by atoms with E-state index in [1.54, 1.807) is 23.9 Å². The molecule has 1 saturated heterocycles. The number of carbonyl (C=O) groups excluding carboxylic acids is 2. The molecule has 0 aliphatic carbocycles. The van der Waals surface area contributed by atoms with Gasteiger partial charge in [-0.1, -0.05) is 0 Å². The first-order valence-corrected chi connectivity index (χ1v) is 10.9. The summed E-state index contributed by atoms with van der Waals surface area (Å²) in [6.07, 6.45) is 4.25. The molecule has 0 radical (unpaired) electrons. The number of rotatable bonds is 8. The molecule has 1 aliphatic heterocycles. The zero-order valence-corrected chi connectivity index (χ0v) is 18.1. The van der Waals surface area contributed by atoms with Crippen LogP contribution in [0.5, 0.6) is 5.75 Å². The molecular formula is C22H27NO5S. The van der Waals surface area contributed by atoms with E-state index in [0.717, 1.165) is 42.3 Å². The summed E-state index contributed by atoms with van der Waals surface area (Å²) in [4.78, 5) is 26.1. The highest BCUT2D eigenvalue weighted by Crippen LogP contribution is 2.26. The Kier molecular flexibility index (Phi) is 7.03. The lowest BCUT2D eigenvalue weighted by atomic mass is 10.1. The molecule has 29 heavy (non-hydrogen) atoms. The maximum atomic E-state index is 12.7. The number of hydrogen-bond acceptors (Lipinski definition) is 6. The molecule has 1 aromatic heterocycles. The lowest BCUT2D eigenvalue weighted by molar-refractivity contribution is 0.0471. The van der Waals surface area contributed by atoms with Crippen LogP contribution in [0.25, 0.3) is 0 Å². The molecule has 0 bridgehead atoms. The van der Waals surface area contributed by atoms with Crippen molar-refractivity contribution < 1.29 is 23.8 Å².